The van der Waals surface area contributed by atoms with Gasteiger partial charge in [-0.1, -0.05) is 54.2 Å². The van der Waals surface area contributed by atoms with Gasteiger partial charge in [0, 0.05) is 18.1 Å². The Morgan fingerprint density at radius 3 is 2.44 bits per heavy atom. The molecule has 0 fully saturated rings. The molecule has 2 nitrogen and oxygen atoms in total. The van der Waals surface area contributed by atoms with Crippen LogP contribution in [0.2, 0.25) is 0 Å². The maximum absolute atomic E-state index is 4.21. The van der Waals surface area contributed by atoms with E-state index >= 15 is 0 Å². The third-order valence-corrected chi connectivity index (χ3v) is 3.67. The Labute approximate surface area is 110 Å². The van der Waals surface area contributed by atoms with E-state index in [9.17, 15) is 0 Å². The third-order valence-electron chi connectivity index (χ3n) is 2.72. The van der Waals surface area contributed by atoms with E-state index in [1.165, 1.54) is 16.3 Å². The normalized spacial score (nSPS) is 10.7. The van der Waals surface area contributed by atoms with Crippen molar-refractivity contribution < 1.29 is 0 Å². The highest BCUT2D eigenvalue weighted by atomic mass is 32.2. The van der Waals surface area contributed by atoms with Crippen molar-refractivity contribution >= 4 is 22.5 Å². The molecule has 18 heavy (non-hydrogen) atoms. The summed E-state index contributed by atoms with van der Waals surface area (Å²) in [5.41, 5.74) is 1.30. The minimum absolute atomic E-state index is 0.825. The smallest absolute Gasteiger partial charge is 0.187 e. The van der Waals surface area contributed by atoms with Crippen molar-refractivity contribution in [3.05, 3.63) is 66.5 Å². The number of thioether (sulfide) groups is 1. The van der Waals surface area contributed by atoms with Gasteiger partial charge in [0.15, 0.2) is 5.16 Å². The lowest BCUT2D eigenvalue weighted by molar-refractivity contribution is 0.966. The second-order valence-electron chi connectivity index (χ2n) is 4.00. The van der Waals surface area contributed by atoms with Gasteiger partial charge in [-0.2, -0.15) is 0 Å². The summed E-state index contributed by atoms with van der Waals surface area (Å²) in [6.07, 6.45) is 3.55. The largest absolute Gasteiger partial charge is 0.231 e. The van der Waals surface area contributed by atoms with Gasteiger partial charge in [-0.15, -0.1) is 0 Å². The molecule has 3 aromatic rings. The summed E-state index contributed by atoms with van der Waals surface area (Å²) in [7, 11) is 0. The van der Waals surface area contributed by atoms with E-state index < -0.39 is 0 Å². The van der Waals surface area contributed by atoms with Gasteiger partial charge >= 0.3 is 0 Å². The summed E-state index contributed by atoms with van der Waals surface area (Å²) in [6.45, 7) is 0. The number of aromatic nitrogens is 2. The first kappa shape index (κ1) is 11.2. The summed E-state index contributed by atoms with van der Waals surface area (Å²) in [5, 5.41) is 3.39. The standard InChI is InChI=1S/C15H12N2S/c1-2-5-14-10-12(6-7-13(14)4-1)11-18-15-16-8-3-9-17-15/h1-10H,11H2. The Hall–Kier alpha value is -1.87. The van der Waals surface area contributed by atoms with Crippen LogP contribution in [0, 0.1) is 0 Å². The minimum Gasteiger partial charge on any atom is -0.231 e. The molecular formula is C15H12N2S. The number of hydrogen-bond acceptors (Lipinski definition) is 3. The first-order chi connectivity index (χ1) is 8.92. The fourth-order valence-electron chi connectivity index (χ4n) is 1.84. The van der Waals surface area contributed by atoms with Gasteiger partial charge in [-0.05, 0) is 22.4 Å². The average Bonchev–Trinajstić information content (AvgIpc) is 2.46. The predicted octanol–water partition coefficient (Wildman–Crippen LogP) is 3.92. The highest BCUT2D eigenvalue weighted by Crippen LogP contribution is 2.22. The van der Waals surface area contributed by atoms with E-state index in [0.29, 0.717) is 0 Å². The molecule has 0 N–H and O–H groups in total. The zero-order valence-electron chi connectivity index (χ0n) is 9.78. The lowest BCUT2D eigenvalue weighted by Crippen LogP contribution is -1.86. The van der Waals surface area contributed by atoms with Gasteiger partial charge in [0.25, 0.3) is 0 Å². The predicted molar refractivity (Wildman–Crippen MR) is 75.5 cm³/mol. The maximum Gasteiger partial charge on any atom is 0.187 e. The molecule has 0 aliphatic rings. The fraction of sp³-hybridized carbons (Fsp3) is 0.0667. The van der Waals surface area contributed by atoms with Crippen molar-refractivity contribution in [1.82, 2.24) is 9.97 Å². The molecule has 0 atom stereocenters. The number of rotatable bonds is 3. The SMILES string of the molecule is c1cnc(SCc2ccc3ccccc3c2)nc1. The number of benzene rings is 2. The number of hydrogen-bond donors (Lipinski definition) is 0. The van der Waals surface area contributed by atoms with Crippen LogP contribution in [0.5, 0.6) is 0 Å². The molecule has 1 heterocycles. The van der Waals surface area contributed by atoms with Crippen molar-refractivity contribution in [3.8, 4) is 0 Å². The number of nitrogens with zero attached hydrogens (tertiary/aromatic N) is 2. The van der Waals surface area contributed by atoms with E-state index in [4.69, 9.17) is 0 Å². The first-order valence-corrected chi connectivity index (χ1v) is 6.78. The monoisotopic (exact) mass is 252 g/mol. The Morgan fingerprint density at radius 1 is 0.833 bits per heavy atom. The van der Waals surface area contributed by atoms with Gasteiger partial charge in [0.2, 0.25) is 0 Å². The zero-order chi connectivity index (χ0) is 12.2. The topological polar surface area (TPSA) is 25.8 Å². The Bertz CT molecular complexity index is 653. The quantitative estimate of drug-likeness (QED) is 0.522. The molecule has 1 aromatic heterocycles. The zero-order valence-corrected chi connectivity index (χ0v) is 10.6. The van der Waals surface area contributed by atoms with Gasteiger partial charge in [-0.3, -0.25) is 0 Å². The molecule has 2 aromatic carbocycles. The molecule has 88 valence electrons. The van der Waals surface area contributed by atoms with Gasteiger partial charge in [0.05, 0.1) is 0 Å². The second-order valence-corrected chi connectivity index (χ2v) is 4.94. The molecule has 0 bridgehead atoms. The van der Waals surface area contributed by atoms with Gasteiger partial charge in [0.1, 0.15) is 0 Å². The summed E-state index contributed by atoms with van der Waals surface area (Å²) in [6, 6.07) is 16.8. The molecular weight excluding hydrogens is 240 g/mol. The summed E-state index contributed by atoms with van der Waals surface area (Å²) in [5.74, 6) is 0.898. The van der Waals surface area contributed by atoms with E-state index in [-0.39, 0.29) is 0 Å². The second kappa shape index (κ2) is 5.19. The van der Waals surface area contributed by atoms with Crippen molar-refractivity contribution in [1.29, 1.82) is 0 Å². The van der Waals surface area contributed by atoms with Crippen LogP contribution in [0.4, 0.5) is 0 Å². The first-order valence-electron chi connectivity index (χ1n) is 5.79. The molecule has 0 amide bonds. The van der Waals surface area contributed by atoms with E-state index in [1.807, 2.05) is 6.07 Å². The molecule has 0 aliphatic heterocycles. The van der Waals surface area contributed by atoms with E-state index in [2.05, 4.69) is 52.4 Å². The highest BCUT2D eigenvalue weighted by molar-refractivity contribution is 7.98. The lowest BCUT2D eigenvalue weighted by atomic mass is 10.1. The van der Waals surface area contributed by atoms with Crippen LogP contribution < -0.4 is 0 Å². The van der Waals surface area contributed by atoms with Crippen molar-refractivity contribution in [2.24, 2.45) is 0 Å². The highest BCUT2D eigenvalue weighted by Gasteiger charge is 1.99. The molecule has 3 heteroatoms. The Balaban J connectivity index is 1.79. The molecule has 0 unspecified atom stereocenters. The molecule has 3 rings (SSSR count). The summed E-state index contributed by atoms with van der Waals surface area (Å²) in [4.78, 5) is 8.42. The van der Waals surface area contributed by atoms with Crippen LogP contribution in [0.15, 0.2) is 66.1 Å². The molecule has 0 radical (unpaired) electrons. The average molecular weight is 252 g/mol. The molecule has 0 saturated heterocycles. The van der Waals surface area contributed by atoms with Crippen molar-refractivity contribution in [2.45, 2.75) is 10.9 Å². The van der Waals surface area contributed by atoms with Gasteiger partial charge < -0.3 is 0 Å². The summed E-state index contributed by atoms with van der Waals surface area (Å²) >= 11 is 1.66. The fourth-order valence-corrected chi connectivity index (χ4v) is 2.58. The van der Waals surface area contributed by atoms with Crippen LogP contribution >= 0.6 is 11.8 Å². The maximum atomic E-state index is 4.21. The lowest BCUT2D eigenvalue weighted by Gasteiger charge is -2.03. The van der Waals surface area contributed by atoms with E-state index in [1.54, 1.807) is 24.2 Å². The van der Waals surface area contributed by atoms with Gasteiger partial charge in [-0.25, -0.2) is 9.97 Å². The minimum atomic E-state index is 0.825. The van der Waals surface area contributed by atoms with Crippen molar-refractivity contribution in [2.75, 3.05) is 0 Å². The Kier molecular flexibility index (Phi) is 3.24. The van der Waals surface area contributed by atoms with E-state index in [0.717, 1.165) is 10.9 Å². The van der Waals surface area contributed by atoms with Crippen LogP contribution in [0.25, 0.3) is 10.8 Å². The Morgan fingerprint density at radius 2 is 1.61 bits per heavy atom. The third kappa shape index (κ3) is 2.51. The summed E-state index contributed by atoms with van der Waals surface area (Å²) < 4.78 is 0. The van der Waals surface area contributed by atoms with Crippen molar-refractivity contribution in [3.63, 3.8) is 0 Å². The molecule has 0 aliphatic carbocycles. The van der Waals surface area contributed by atoms with Crippen LogP contribution in [-0.4, -0.2) is 9.97 Å². The van der Waals surface area contributed by atoms with Crippen LogP contribution in [0.3, 0.4) is 0 Å². The molecule has 0 spiro atoms. The number of fused-ring (bicyclic) bond motifs is 1. The van der Waals surface area contributed by atoms with Crippen LogP contribution in [0.1, 0.15) is 5.56 Å². The molecule has 0 saturated carbocycles. The van der Waals surface area contributed by atoms with Crippen LogP contribution in [-0.2, 0) is 5.75 Å².